The molecule has 2 aliphatic heterocycles. The minimum Gasteiger partial charge on any atom is -0.328 e. The third kappa shape index (κ3) is 2.07. The van der Waals surface area contributed by atoms with Crippen LogP contribution in [-0.4, -0.2) is 26.8 Å². The molecule has 1 fully saturated rings. The summed E-state index contributed by atoms with van der Waals surface area (Å²) in [6.07, 6.45) is 6.37. The van der Waals surface area contributed by atoms with E-state index in [9.17, 15) is 4.79 Å². The molecule has 1 aromatic carbocycles. The van der Waals surface area contributed by atoms with Gasteiger partial charge in [0.2, 0.25) is 0 Å². The van der Waals surface area contributed by atoms with E-state index >= 15 is 0 Å². The first-order chi connectivity index (χ1) is 10.2. The fraction of sp³-hybridized carbons (Fsp3) is 0.312. The summed E-state index contributed by atoms with van der Waals surface area (Å²) in [5, 5.41) is 0. The van der Waals surface area contributed by atoms with Crippen LogP contribution < -0.4 is 0 Å². The predicted octanol–water partition coefficient (Wildman–Crippen LogP) is 3.14. The van der Waals surface area contributed by atoms with Gasteiger partial charge in [0.1, 0.15) is 6.33 Å². The highest BCUT2D eigenvalue weighted by atomic mass is 79.9. The lowest BCUT2D eigenvalue weighted by molar-refractivity contribution is 0.0644. The molecular formula is C16H14BrN3O. The fourth-order valence-electron chi connectivity index (χ4n) is 3.48. The number of hydrogen-bond donors (Lipinski definition) is 0. The first kappa shape index (κ1) is 13.0. The molecule has 4 rings (SSSR count). The summed E-state index contributed by atoms with van der Waals surface area (Å²) < 4.78 is 0.986. The SMILES string of the molecule is O=C(c1ccc(Br)cc1)N1C2CCC1c1cncnc1C2. The Morgan fingerprint density at radius 2 is 2.05 bits per heavy atom. The molecule has 21 heavy (non-hydrogen) atoms. The zero-order chi connectivity index (χ0) is 14.4. The van der Waals surface area contributed by atoms with Crippen molar-refractivity contribution in [3.05, 3.63) is 58.1 Å². The van der Waals surface area contributed by atoms with Crippen LogP contribution in [0.5, 0.6) is 0 Å². The molecule has 0 spiro atoms. The van der Waals surface area contributed by atoms with Crippen molar-refractivity contribution in [2.75, 3.05) is 0 Å². The van der Waals surface area contributed by atoms with Crippen LogP contribution in [0.3, 0.4) is 0 Å². The summed E-state index contributed by atoms with van der Waals surface area (Å²) >= 11 is 3.41. The van der Waals surface area contributed by atoms with E-state index in [0.717, 1.165) is 40.6 Å². The van der Waals surface area contributed by atoms with Crippen LogP contribution in [0.1, 0.15) is 40.5 Å². The summed E-state index contributed by atoms with van der Waals surface area (Å²) in [4.78, 5) is 23.4. The van der Waals surface area contributed by atoms with Crippen molar-refractivity contribution in [3.8, 4) is 0 Å². The van der Waals surface area contributed by atoms with Crippen molar-refractivity contribution in [1.82, 2.24) is 14.9 Å². The molecular weight excluding hydrogens is 330 g/mol. The van der Waals surface area contributed by atoms with Crippen molar-refractivity contribution in [2.24, 2.45) is 0 Å². The molecule has 4 nitrogen and oxygen atoms in total. The third-order valence-electron chi connectivity index (χ3n) is 4.44. The Bertz CT molecular complexity index is 701. The van der Waals surface area contributed by atoms with E-state index in [2.05, 4.69) is 25.9 Å². The van der Waals surface area contributed by atoms with E-state index in [1.165, 1.54) is 0 Å². The average Bonchev–Trinajstić information content (AvgIpc) is 2.82. The molecule has 1 saturated heterocycles. The van der Waals surface area contributed by atoms with Crippen molar-refractivity contribution in [1.29, 1.82) is 0 Å². The van der Waals surface area contributed by atoms with Crippen LogP contribution >= 0.6 is 15.9 Å². The van der Waals surface area contributed by atoms with Gasteiger partial charge >= 0.3 is 0 Å². The van der Waals surface area contributed by atoms with E-state index < -0.39 is 0 Å². The van der Waals surface area contributed by atoms with Gasteiger partial charge in [-0.05, 0) is 37.1 Å². The van der Waals surface area contributed by atoms with Crippen LogP contribution in [-0.2, 0) is 6.42 Å². The molecule has 1 aromatic heterocycles. The Kier molecular flexibility index (Phi) is 3.03. The van der Waals surface area contributed by atoms with Crippen LogP contribution in [0.25, 0.3) is 0 Å². The maximum atomic E-state index is 12.9. The summed E-state index contributed by atoms with van der Waals surface area (Å²) in [5.74, 6) is 0.115. The Morgan fingerprint density at radius 1 is 1.24 bits per heavy atom. The van der Waals surface area contributed by atoms with Gasteiger partial charge in [-0.15, -0.1) is 0 Å². The van der Waals surface area contributed by atoms with E-state index in [1.807, 2.05) is 35.4 Å². The molecule has 0 N–H and O–H groups in total. The smallest absolute Gasteiger partial charge is 0.254 e. The minimum atomic E-state index is 0.115. The van der Waals surface area contributed by atoms with Crippen LogP contribution in [0.2, 0.25) is 0 Å². The number of nitrogens with zero attached hydrogens (tertiary/aromatic N) is 3. The molecule has 1 amide bonds. The first-order valence-electron chi connectivity index (χ1n) is 7.11. The van der Waals surface area contributed by atoms with Crippen molar-refractivity contribution < 1.29 is 4.79 Å². The first-order valence-corrected chi connectivity index (χ1v) is 7.90. The van der Waals surface area contributed by atoms with Crippen molar-refractivity contribution >= 4 is 21.8 Å². The summed E-state index contributed by atoms with van der Waals surface area (Å²) in [6.45, 7) is 0. The van der Waals surface area contributed by atoms with Gasteiger partial charge in [0.25, 0.3) is 5.91 Å². The van der Waals surface area contributed by atoms with Gasteiger partial charge in [0, 0.05) is 34.3 Å². The molecule has 2 bridgehead atoms. The van der Waals surface area contributed by atoms with E-state index in [1.54, 1.807) is 6.33 Å². The van der Waals surface area contributed by atoms with Gasteiger partial charge < -0.3 is 4.90 Å². The zero-order valence-electron chi connectivity index (χ0n) is 11.4. The Labute approximate surface area is 131 Å². The molecule has 2 aliphatic rings. The lowest BCUT2D eigenvalue weighted by atomic mass is 9.98. The number of aromatic nitrogens is 2. The summed E-state index contributed by atoms with van der Waals surface area (Å²) in [7, 11) is 0. The van der Waals surface area contributed by atoms with Crippen molar-refractivity contribution in [3.63, 3.8) is 0 Å². The van der Waals surface area contributed by atoms with Gasteiger partial charge in [0.15, 0.2) is 0 Å². The molecule has 0 radical (unpaired) electrons. The Balaban J connectivity index is 1.71. The van der Waals surface area contributed by atoms with Gasteiger partial charge in [-0.2, -0.15) is 0 Å². The Morgan fingerprint density at radius 3 is 2.86 bits per heavy atom. The second kappa shape index (κ2) is 4.91. The normalized spacial score (nSPS) is 23.0. The van der Waals surface area contributed by atoms with Crippen LogP contribution in [0, 0.1) is 0 Å². The maximum absolute atomic E-state index is 12.9. The molecule has 0 aliphatic carbocycles. The molecule has 3 heterocycles. The lowest BCUT2D eigenvalue weighted by Gasteiger charge is -2.35. The molecule has 2 atom stereocenters. The zero-order valence-corrected chi connectivity index (χ0v) is 13.0. The maximum Gasteiger partial charge on any atom is 0.254 e. The predicted molar refractivity (Wildman–Crippen MR) is 81.8 cm³/mol. The number of carbonyl (C=O) groups excluding carboxylic acids is 1. The van der Waals surface area contributed by atoms with E-state index in [0.29, 0.717) is 0 Å². The molecule has 5 heteroatoms. The average molecular weight is 344 g/mol. The topological polar surface area (TPSA) is 46.1 Å². The summed E-state index contributed by atoms with van der Waals surface area (Å²) in [6, 6.07) is 7.99. The summed E-state index contributed by atoms with van der Waals surface area (Å²) in [5.41, 5.74) is 2.98. The fourth-order valence-corrected chi connectivity index (χ4v) is 3.74. The Hall–Kier alpha value is -1.75. The molecule has 2 unspecified atom stereocenters. The second-order valence-electron chi connectivity index (χ2n) is 5.60. The van der Waals surface area contributed by atoms with Gasteiger partial charge in [-0.3, -0.25) is 4.79 Å². The van der Waals surface area contributed by atoms with Gasteiger partial charge in [0.05, 0.1) is 11.7 Å². The van der Waals surface area contributed by atoms with Crippen LogP contribution in [0.4, 0.5) is 0 Å². The quantitative estimate of drug-likeness (QED) is 0.798. The number of halogens is 1. The number of fused-ring (bicyclic) bond motifs is 4. The van der Waals surface area contributed by atoms with Gasteiger partial charge in [-0.1, -0.05) is 15.9 Å². The third-order valence-corrected chi connectivity index (χ3v) is 4.97. The largest absolute Gasteiger partial charge is 0.328 e. The lowest BCUT2D eigenvalue weighted by Crippen LogP contribution is -2.42. The number of amides is 1. The molecule has 0 saturated carbocycles. The second-order valence-corrected chi connectivity index (χ2v) is 6.51. The van der Waals surface area contributed by atoms with Crippen molar-refractivity contribution in [2.45, 2.75) is 31.3 Å². The highest BCUT2D eigenvalue weighted by Gasteiger charge is 2.43. The van der Waals surface area contributed by atoms with E-state index in [4.69, 9.17) is 0 Å². The highest BCUT2D eigenvalue weighted by molar-refractivity contribution is 9.10. The number of carbonyl (C=O) groups is 1. The minimum absolute atomic E-state index is 0.115. The monoisotopic (exact) mass is 343 g/mol. The van der Waals surface area contributed by atoms with E-state index in [-0.39, 0.29) is 18.0 Å². The highest BCUT2D eigenvalue weighted by Crippen LogP contribution is 2.43. The van der Waals surface area contributed by atoms with Gasteiger partial charge in [-0.25, -0.2) is 9.97 Å². The number of hydrogen-bond acceptors (Lipinski definition) is 3. The number of rotatable bonds is 1. The molecule has 2 aromatic rings. The molecule has 106 valence electrons. The van der Waals surface area contributed by atoms with Crippen LogP contribution in [0.15, 0.2) is 41.3 Å². The standard InChI is InChI=1S/C16H14BrN3O/c17-11-3-1-10(2-4-11)16(21)20-12-5-6-15(20)13-8-18-9-19-14(13)7-12/h1-4,8-9,12,15H,5-7H2. The number of benzene rings is 1.